The van der Waals surface area contributed by atoms with E-state index in [4.69, 9.17) is 11.6 Å². The number of hydrogen-bond acceptors (Lipinski definition) is 5. The molecule has 2 N–H and O–H groups in total. The minimum Gasteiger partial charge on any atom is -0.389 e. The van der Waals surface area contributed by atoms with Crippen LogP contribution in [-0.4, -0.2) is 44.9 Å². The number of hydrogen-bond donors (Lipinski definition) is 2. The Kier molecular flexibility index (Phi) is 6.44. The van der Waals surface area contributed by atoms with E-state index in [1.807, 2.05) is 48.7 Å². The quantitative estimate of drug-likeness (QED) is 0.382. The summed E-state index contributed by atoms with van der Waals surface area (Å²) in [4.78, 5) is 7.94. The highest BCUT2D eigenvalue weighted by molar-refractivity contribution is 7.19. The van der Waals surface area contributed by atoms with Gasteiger partial charge in [-0.2, -0.15) is 0 Å². The molecule has 4 nitrogen and oxygen atoms in total. The first-order valence-electron chi connectivity index (χ1n) is 11.2. The highest BCUT2D eigenvalue weighted by atomic mass is 35.5. The van der Waals surface area contributed by atoms with Crippen LogP contribution in [0, 0.1) is 11.8 Å². The average molecular weight is 489 g/mol. The van der Waals surface area contributed by atoms with Gasteiger partial charge in [0.1, 0.15) is 5.69 Å². The number of β-amino-alcohol motifs (C(OH)–C–C–N with tert-alkyl or cyclic N) is 1. The fraction of sp³-hybridized carbons (Fsp3) is 0.250. The molecule has 1 aliphatic heterocycles. The maximum absolute atomic E-state index is 10.2. The molecule has 5 rings (SSSR count). The number of nitrogens with zero attached hydrogens (tertiary/aromatic N) is 2. The first-order chi connectivity index (χ1) is 16.4. The zero-order valence-corrected chi connectivity index (χ0v) is 20.4. The molecule has 2 aromatic carbocycles. The van der Waals surface area contributed by atoms with E-state index >= 15 is 0 Å². The van der Waals surface area contributed by atoms with Crippen LogP contribution in [0.4, 0.5) is 0 Å². The minimum absolute atomic E-state index is 0.488. The third-order valence-electron chi connectivity index (χ3n) is 6.31. The Hall–Kier alpha value is -2.72. The Morgan fingerprint density at radius 1 is 1.09 bits per heavy atom. The largest absolute Gasteiger partial charge is 0.389 e. The molecule has 0 unspecified atom stereocenters. The molecule has 1 saturated heterocycles. The molecular weight excluding hydrogens is 464 g/mol. The Labute approximate surface area is 208 Å². The summed E-state index contributed by atoms with van der Waals surface area (Å²) in [7, 11) is 0. The average Bonchev–Trinajstić information content (AvgIpc) is 3.23. The summed E-state index contributed by atoms with van der Waals surface area (Å²) in [6.07, 6.45) is 1.69. The van der Waals surface area contributed by atoms with E-state index in [0.717, 1.165) is 35.5 Å². The van der Waals surface area contributed by atoms with Crippen LogP contribution in [0.15, 0.2) is 66.9 Å². The highest BCUT2D eigenvalue weighted by Gasteiger charge is 2.36. The number of halogens is 1. The SMILES string of the molecule is C[C@@]1(O)CCN(Cc2cc3cc(C#Cc4ccc(-c5ccc(Cl)cc5)cn4)ccc3s2)C[C@@H]1O. The molecule has 4 aromatic rings. The molecule has 0 bridgehead atoms. The van der Waals surface area contributed by atoms with Crippen molar-refractivity contribution >= 4 is 33.0 Å². The van der Waals surface area contributed by atoms with Crippen LogP contribution in [0.3, 0.4) is 0 Å². The van der Waals surface area contributed by atoms with Crippen molar-refractivity contribution in [3.63, 3.8) is 0 Å². The molecule has 3 heterocycles. The van der Waals surface area contributed by atoms with Gasteiger partial charge < -0.3 is 10.2 Å². The lowest BCUT2D eigenvalue weighted by atomic mass is 9.91. The summed E-state index contributed by atoms with van der Waals surface area (Å²) < 4.78 is 1.22. The predicted molar refractivity (Wildman–Crippen MR) is 139 cm³/mol. The Balaban J connectivity index is 1.28. The number of benzene rings is 2. The van der Waals surface area contributed by atoms with Gasteiger partial charge in [0.05, 0.1) is 11.7 Å². The lowest BCUT2D eigenvalue weighted by Crippen LogP contribution is -2.53. The topological polar surface area (TPSA) is 56.6 Å². The number of pyridine rings is 1. The number of thiophene rings is 1. The standard InChI is InChI=1S/C28H25ClN2O2S/c1-28(33)12-13-31(18-27(28)32)17-25-15-22-14-19(3-11-26(22)34-25)2-9-24-10-6-21(16-30-24)20-4-7-23(29)8-5-20/h3-8,10-11,14-16,27,32-33H,12-13,17-18H2,1H3/t27-,28+/m0/s1. The Morgan fingerprint density at radius 3 is 2.62 bits per heavy atom. The minimum atomic E-state index is -0.991. The molecule has 0 radical (unpaired) electrons. The summed E-state index contributed by atoms with van der Waals surface area (Å²) in [6.45, 7) is 3.75. The highest BCUT2D eigenvalue weighted by Crippen LogP contribution is 2.29. The number of likely N-dealkylation sites (tertiary alicyclic amines) is 1. The van der Waals surface area contributed by atoms with Crippen molar-refractivity contribution in [1.82, 2.24) is 9.88 Å². The second-order valence-corrected chi connectivity index (χ2v) is 10.6. The van der Waals surface area contributed by atoms with E-state index in [1.54, 1.807) is 18.3 Å². The number of piperidine rings is 1. The van der Waals surface area contributed by atoms with Crippen molar-refractivity contribution in [2.45, 2.75) is 31.6 Å². The zero-order chi connectivity index (χ0) is 23.7. The Bertz CT molecular complexity index is 1370. The summed E-state index contributed by atoms with van der Waals surface area (Å²) in [6, 6.07) is 20.1. The molecule has 1 aliphatic rings. The van der Waals surface area contributed by atoms with Gasteiger partial charge in [0.25, 0.3) is 0 Å². The first-order valence-corrected chi connectivity index (χ1v) is 12.4. The van der Waals surface area contributed by atoms with Crippen molar-refractivity contribution in [3.8, 4) is 23.0 Å². The van der Waals surface area contributed by atoms with E-state index in [1.165, 1.54) is 15.0 Å². The Morgan fingerprint density at radius 2 is 1.88 bits per heavy atom. The maximum atomic E-state index is 10.2. The van der Waals surface area contributed by atoms with E-state index < -0.39 is 11.7 Å². The van der Waals surface area contributed by atoms with Gasteiger partial charge in [-0.1, -0.05) is 35.7 Å². The predicted octanol–water partition coefficient (Wildman–Crippen LogP) is 5.33. The van der Waals surface area contributed by atoms with Gasteiger partial charge in [-0.05, 0) is 72.7 Å². The second-order valence-electron chi connectivity index (χ2n) is 9.01. The number of aliphatic hydroxyl groups excluding tert-OH is 1. The second kappa shape index (κ2) is 9.50. The van der Waals surface area contributed by atoms with Crippen LogP contribution in [0.1, 0.15) is 29.5 Å². The number of rotatable bonds is 3. The van der Waals surface area contributed by atoms with Gasteiger partial charge in [-0.25, -0.2) is 4.98 Å². The number of aliphatic hydroxyl groups is 2. The smallest absolute Gasteiger partial charge is 0.113 e. The molecule has 0 saturated carbocycles. The lowest BCUT2D eigenvalue weighted by molar-refractivity contribution is -0.108. The van der Waals surface area contributed by atoms with Crippen LogP contribution < -0.4 is 0 Å². The van der Waals surface area contributed by atoms with Crippen molar-refractivity contribution in [3.05, 3.63) is 88.0 Å². The van der Waals surface area contributed by atoms with Crippen molar-refractivity contribution in [2.24, 2.45) is 0 Å². The van der Waals surface area contributed by atoms with Gasteiger partial charge in [0.15, 0.2) is 0 Å². The fourth-order valence-electron chi connectivity index (χ4n) is 4.12. The molecule has 172 valence electrons. The maximum Gasteiger partial charge on any atom is 0.113 e. The molecule has 2 aromatic heterocycles. The van der Waals surface area contributed by atoms with Crippen molar-refractivity contribution < 1.29 is 10.2 Å². The summed E-state index contributed by atoms with van der Waals surface area (Å²) in [5.41, 5.74) is 2.78. The summed E-state index contributed by atoms with van der Waals surface area (Å²) in [5.74, 6) is 6.39. The van der Waals surface area contributed by atoms with Crippen LogP contribution in [-0.2, 0) is 6.54 Å². The lowest BCUT2D eigenvalue weighted by Gasteiger charge is -2.39. The van der Waals surface area contributed by atoms with Crippen LogP contribution in [0.5, 0.6) is 0 Å². The zero-order valence-electron chi connectivity index (χ0n) is 18.8. The summed E-state index contributed by atoms with van der Waals surface area (Å²) in [5, 5.41) is 22.3. The normalized spacial score (nSPS) is 20.8. The van der Waals surface area contributed by atoms with Crippen molar-refractivity contribution in [2.75, 3.05) is 13.1 Å². The van der Waals surface area contributed by atoms with Crippen LogP contribution in [0.25, 0.3) is 21.2 Å². The molecule has 0 aliphatic carbocycles. The molecule has 1 fully saturated rings. The molecule has 2 atom stereocenters. The van der Waals surface area contributed by atoms with Gasteiger partial charge in [0, 0.05) is 51.6 Å². The monoisotopic (exact) mass is 488 g/mol. The fourth-order valence-corrected chi connectivity index (χ4v) is 5.33. The van der Waals surface area contributed by atoms with Crippen molar-refractivity contribution in [1.29, 1.82) is 0 Å². The van der Waals surface area contributed by atoms with E-state index in [9.17, 15) is 10.2 Å². The third-order valence-corrected chi connectivity index (χ3v) is 7.66. The summed E-state index contributed by atoms with van der Waals surface area (Å²) >= 11 is 7.73. The van der Waals surface area contributed by atoms with E-state index in [2.05, 4.69) is 39.9 Å². The van der Waals surface area contributed by atoms with Gasteiger partial charge >= 0.3 is 0 Å². The van der Waals surface area contributed by atoms with Gasteiger partial charge in [-0.3, -0.25) is 4.90 Å². The first kappa shape index (κ1) is 23.0. The van der Waals surface area contributed by atoms with Gasteiger partial charge in [0.2, 0.25) is 0 Å². The third kappa shape index (κ3) is 5.17. The van der Waals surface area contributed by atoms with E-state index in [0.29, 0.717) is 18.0 Å². The van der Waals surface area contributed by atoms with Crippen LogP contribution >= 0.6 is 22.9 Å². The molecule has 0 spiro atoms. The molecule has 6 heteroatoms. The number of fused-ring (bicyclic) bond motifs is 1. The molecule has 34 heavy (non-hydrogen) atoms. The van der Waals surface area contributed by atoms with Gasteiger partial charge in [-0.15, -0.1) is 11.3 Å². The van der Waals surface area contributed by atoms with Crippen LogP contribution in [0.2, 0.25) is 5.02 Å². The van der Waals surface area contributed by atoms with E-state index in [-0.39, 0.29) is 0 Å². The molecule has 0 amide bonds. The number of aromatic nitrogens is 1. The molecular formula is C28H25ClN2O2S.